The van der Waals surface area contributed by atoms with Crippen molar-refractivity contribution in [2.75, 3.05) is 52.9 Å². The van der Waals surface area contributed by atoms with Gasteiger partial charge in [-0.1, -0.05) is 0 Å². The molecule has 0 aromatic heterocycles. The highest BCUT2D eigenvalue weighted by atomic mass is 16.5. The molecule has 0 aromatic carbocycles. The molecular formula is C16H31N3O3. The zero-order valence-corrected chi connectivity index (χ0v) is 14.2. The van der Waals surface area contributed by atoms with Crippen LogP contribution in [-0.4, -0.2) is 86.9 Å². The number of morpholine rings is 2. The van der Waals surface area contributed by atoms with Crippen molar-refractivity contribution in [3.8, 4) is 0 Å². The van der Waals surface area contributed by atoms with Crippen molar-refractivity contribution in [1.82, 2.24) is 15.1 Å². The number of ether oxygens (including phenoxy) is 2. The van der Waals surface area contributed by atoms with Gasteiger partial charge < -0.3 is 19.7 Å². The summed E-state index contributed by atoms with van der Waals surface area (Å²) in [5, 5.41) is 3.01. The number of rotatable bonds is 6. The molecule has 0 saturated carbocycles. The number of carbonyl (C=O) groups is 1. The molecule has 1 amide bonds. The second kappa shape index (κ2) is 8.82. The average molecular weight is 313 g/mol. The number of amides is 1. The zero-order chi connectivity index (χ0) is 15.9. The average Bonchev–Trinajstić information content (AvgIpc) is 2.44. The molecule has 0 aromatic rings. The quantitative estimate of drug-likeness (QED) is 0.765. The van der Waals surface area contributed by atoms with Gasteiger partial charge in [-0.2, -0.15) is 0 Å². The fraction of sp³-hybridized carbons (Fsp3) is 0.938. The number of hydrogen-bond acceptors (Lipinski definition) is 5. The minimum Gasteiger partial charge on any atom is -0.375 e. The third kappa shape index (κ3) is 6.20. The van der Waals surface area contributed by atoms with Crippen LogP contribution >= 0.6 is 0 Å². The molecule has 1 N–H and O–H groups in total. The van der Waals surface area contributed by atoms with Gasteiger partial charge in [0.1, 0.15) is 0 Å². The molecule has 2 aliphatic rings. The fourth-order valence-electron chi connectivity index (χ4n) is 3.23. The van der Waals surface area contributed by atoms with Crippen molar-refractivity contribution < 1.29 is 14.3 Å². The van der Waals surface area contributed by atoms with E-state index in [9.17, 15) is 4.79 Å². The molecule has 2 saturated heterocycles. The number of hydrogen-bond donors (Lipinski definition) is 1. The Balaban J connectivity index is 1.56. The molecule has 128 valence electrons. The summed E-state index contributed by atoms with van der Waals surface area (Å²) in [6.45, 7) is 10.3. The first-order valence-electron chi connectivity index (χ1n) is 8.47. The van der Waals surface area contributed by atoms with Gasteiger partial charge in [0.05, 0.1) is 24.9 Å². The molecule has 6 heteroatoms. The van der Waals surface area contributed by atoms with E-state index in [4.69, 9.17) is 9.47 Å². The Bertz CT molecular complexity index is 344. The summed E-state index contributed by atoms with van der Waals surface area (Å²) in [6, 6.07) is 0. The summed E-state index contributed by atoms with van der Waals surface area (Å²) in [7, 11) is 2.11. The van der Waals surface area contributed by atoms with Crippen molar-refractivity contribution in [1.29, 1.82) is 0 Å². The van der Waals surface area contributed by atoms with E-state index in [2.05, 4.69) is 36.0 Å². The molecule has 22 heavy (non-hydrogen) atoms. The van der Waals surface area contributed by atoms with E-state index in [-0.39, 0.29) is 24.2 Å². The van der Waals surface area contributed by atoms with Gasteiger partial charge in [0.15, 0.2) is 0 Å². The van der Waals surface area contributed by atoms with Gasteiger partial charge in [-0.15, -0.1) is 0 Å². The summed E-state index contributed by atoms with van der Waals surface area (Å²) >= 11 is 0. The van der Waals surface area contributed by atoms with Crippen LogP contribution in [0, 0.1) is 0 Å². The molecule has 2 heterocycles. The van der Waals surface area contributed by atoms with Crippen LogP contribution in [0.5, 0.6) is 0 Å². The first kappa shape index (κ1) is 17.7. The van der Waals surface area contributed by atoms with Gasteiger partial charge in [-0.25, -0.2) is 0 Å². The number of carbonyl (C=O) groups excluding carboxylic acids is 1. The van der Waals surface area contributed by atoms with Gasteiger partial charge in [0.2, 0.25) is 5.91 Å². The molecule has 3 atom stereocenters. The van der Waals surface area contributed by atoms with Gasteiger partial charge in [-0.05, 0) is 27.3 Å². The minimum absolute atomic E-state index is 0.135. The Morgan fingerprint density at radius 1 is 1.23 bits per heavy atom. The molecule has 0 radical (unpaired) electrons. The third-order valence-corrected chi connectivity index (χ3v) is 4.28. The number of nitrogens with zero attached hydrogens (tertiary/aromatic N) is 2. The van der Waals surface area contributed by atoms with E-state index < -0.39 is 0 Å². The van der Waals surface area contributed by atoms with Crippen LogP contribution < -0.4 is 5.32 Å². The molecule has 0 bridgehead atoms. The van der Waals surface area contributed by atoms with Crippen LogP contribution in [-0.2, 0) is 14.3 Å². The second-order valence-electron chi connectivity index (χ2n) is 6.66. The van der Waals surface area contributed by atoms with E-state index in [0.717, 1.165) is 45.8 Å². The molecule has 0 unspecified atom stereocenters. The molecular weight excluding hydrogens is 282 g/mol. The lowest BCUT2D eigenvalue weighted by Crippen LogP contribution is -2.46. The highest BCUT2D eigenvalue weighted by molar-refractivity contribution is 5.76. The Morgan fingerprint density at radius 3 is 2.64 bits per heavy atom. The van der Waals surface area contributed by atoms with Crippen LogP contribution in [0.25, 0.3) is 0 Å². The first-order chi connectivity index (χ1) is 10.5. The smallest absolute Gasteiger partial charge is 0.221 e. The summed E-state index contributed by atoms with van der Waals surface area (Å²) in [5.74, 6) is 0.135. The minimum atomic E-state index is 0.135. The largest absolute Gasteiger partial charge is 0.375 e. The van der Waals surface area contributed by atoms with E-state index in [0.29, 0.717) is 13.0 Å². The standard InChI is InChI=1S/C16H31N3O3/c1-13-10-19(11-14(2)22-13)7-5-16(20)17-6-4-15-12-18(3)8-9-21-15/h13-15H,4-12H2,1-3H3,(H,17,20)/t13-,14+,15-/m0/s1. The Morgan fingerprint density at radius 2 is 1.95 bits per heavy atom. The zero-order valence-electron chi connectivity index (χ0n) is 14.2. The molecule has 6 nitrogen and oxygen atoms in total. The van der Waals surface area contributed by atoms with Gasteiger partial charge in [-0.3, -0.25) is 9.69 Å². The summed E-state index contributed by atoms with van der Waals surface area (Å²) in [5.41, 5.74) is 0. The van der Waals surface area contributed by atoms with E-state index in [1.54, 1.807) is 0 Å². The molecule has 2 rings (SSSR count). The summed E-state index contributed by atoms with van der Waals surface area (Å²) < 4.78 is 11.4. The highest BCUT2D eigenvalue weighted by Crippen LogP contribution is 2.10. The van der Waals surface area contributed by atoms with Crippen LogP contribution in [0.1, 0.15) is 26.7 Å². The lowest BCUT2D eigenvalue weighted by Gasteiger charge is -2.35. The second-order valence-corrected chi connectivity index (χ2v) is 6.66. The van der Waals surface area contributed by atoms with Gasteiger partial charge in [0.25, 0.3) is 0 Å². The van der Waals surface area contributed by atoms with Crippen molar-refractivity contribution in [3.63, 3.8) is 0 Å². The summed E-state index contributed by atoms with van der Waals surface area (Å²) in [6.07, 6.45) is 2.21. The maximum atomic E-state index is 11.9. The monoisotopic (exact) mass is 313 g/mol. The van der Waals surface area contributed by atoms with E-state index in [1.165, 1.54) is 0 Å². The molecule has 2 fully saturated rings. The van der Waals surface area contributed by atoms with Crippen LogP contribution in [0.2, 0.25) is 0 Å². The maximum Gasteiger partial charge on any atom is 0.221 e. The highest BCUT2D eigenvalue weighted by Gasteiger charge is 2.22. The van der Waals surface area contributed by atoms with Crippen LogP contribution in [0.4, 0.5) is 0 Å². The lowest BCUT2D eigenvalue weighted by molar-refractivity contribution is -0.122. The number of nitrogens with one attached hydrogen (secondary N) is 1. The Hall–Kier alpha value is -0.690. The maximum absolute atomic E-state index is 11.9. The van der Waals surface area contributed by atoms with Crippen LogP contribution in [0.3, 0.4) is 0 Å². The SMILES string of the molecule is C[C@@H]1CN(CCC(=O)NCC[C@H]2CN(C)CCO2)C[C@H](C)O1. The van der Waals surface area contributed by atoms with E-state index >= 15 is 0 Å². The predicted octanol–water partition coefficient (Wildman–Crippen LogP) is 0.323. The molecule has 0 spiro atoms. The van der Waals surface area contributed by atoms with Gasteiger partial charge >= 0.3 is 0 Å². The van der Waals surface area contributed by atoms with Crippen LogP contribution in [0.15, 0.2) is 0 Å². The molecule has 2 aliphatic heterocycles. The molecule has 0 aliphatic carbocycles. The Kier molecular flexibility index (Phi) is 7.08. The summed E-state index contributed by atoms with van der Waals surface area (Å²) in [4.78, 5) is 16.5. The van der Waals surface area contributed by atoms with Crippen molar-refractivity contribution in [3.05, 3.63) is 0 Å². The van der Waals surface area contributed by atoms with Gasteiger partial charge in [0, 0.05) is 45.7 Å². The first-order valence-corrected chi connectivity index (χ1v) is 8.47. The fourth-order valence-corrected chi connectivity index (χ4v) is 3.23. The van der Waals surface area contributed by atoms with Crippen molar-refractivity contribution in [2.24, 2.45) is 0 Å². The van der Waals surface area contributed by atoms with E-state index in [1.807, 2.05) is 0 Å². The topological polar surface area (TPSA) is 54.0 Å². The number of likely N-dealkylation sites (N-methyl/N-ethyl adjacent to an activating group) is 1. The van der Waals surface area contributed by atoms with Crippen molar-refractivity contribution in [2.45, 2.75) is 45.0 Å². The normalized spacial score (nSPS) is 31.1. The third-order valence-electron chi connectivity index (χ3n) is 4.28. The van der Waals surface area contributed by atoms with Crippen molar-refractivity contribution >= 4 is 5.91 Å². The lowest BCUT2D eigenvalue weighted by atomic mass is 10.2. The Labute approximate surface area is 134 Å². The predicted molar refractivity (Wildman–Crippen MR) is 85.9 cm³/mol.